The summed E-state index contributed by atoms with van der Waals surface area (Å²) in [5.41, 5.74) is 2.51. The summed E-state index contributed by atoms with van der Waals surface area (Å²) in [5, 5.41) is 0. The molecule has 0 amide bonds. The molecule has 0 N–H and O–H groups in total. The van der Waals surface area contributed by atoms with Gasteiger partial charge in [-0.05, 0) is 25.0 Å². The number of carbonyl (C=O) groups is 1. The Morgan fingerprint density at radius 1 is 1.00 bits per heavy atom. The van der Waals surface area contributed by atoms with Gasteiger partial charge in [0.05, 0.1) is 6.61 Å². The molecule has 0 aliphatic rings. The Labute approximate surface area is 144 Å². The zero-order valence-corrected chi connectivity index (χ0v) is 14.4. The van der Waals surface area contributed by atoms with Crippen LogP contribution in [0.25, 0.3) is 0 Å². The second-order valence-electron chi connectivity index (χ2n) is 5.73. The van der Waals surface area contributed by atoms with E-state index in [4.69, 9.17) is 4.74 Å². The first-order valence-electron chi connectivity index (χ1n) is 8.36. The van der Waals surface area contributed by atoms with Gasteiger partial charge in [-0.25, -0.2) is 4.79 Å². The third-order valence-corrected chi connectivity index (χ3v) is 3.83. The lowest BCUT2D eigenvalue weighted by Crippen LogP contribution is -2.31. The second-order valence-corrected chi connectivity index (χ2v) is 5.73. The molecule has 1 atom stereocenters. The molecule has 24 heavy (non-hydrogen) atoms. The van der Waals surface area contributed by atoms with E-state index in [-0.39, 0.29) is 12.0 Å². The van der Waals surface area contributed by atoms with Crippen molar-refractivity contribution in [3.63, 3.8) is 0 Å². The van der Waals surface area contributed by atoms with Gasteiger partial charge < -0.3 is 4.74 Å². The van der Waals surface area contributed by atoms with Crippen molar-refractivity contribution in [2.24, 2.45) is 0 Å². The first-order valence-corrected chi connectivity index (χ1v) is 8.36. The maximum atomic E-state index is 11.6. The molecule has 3 nitrogen and oxygen atoms in total. The third-order valence-electron chi connectivity index (χ3n) is 3.83. The predicted molar refractivity (Wildman–Crippen MR) is 97.4 cm³/mol. The van der Waals surface area contributed by atoms with Gasteiger partial charge in [-0.15, -0.1) is 0 Å². The molecule has 0 aliphatic carbocycles. The van der Waals surface area contributed by atoms with E-state index in [1.165, 1.54) is 17.2 Å². The number of esters is 1. The van der Waals surface area contributed by atoms with Crippen LogP contribution in [0.3, 0.4) is 0 Å². The zero-order chi connectivity index (χ0) is 17.2. The summed E-state index contributed by atoms with van der Waals surface area (Å²) in [5.74, 6) is -0.288. The molecule has 0 saturated carbocycles. The van der Waals surface area contributed by atoms with Crippen LogP contribution in [0.15, 0.2) is 72.8 Å². The molecule has 0 bridgehead atoms. The molecule has 0 fully saturated rings. The Balaban J connectivity index is 2.10. The van der Waals surface area contributed by atoms with Gasteiger partial charge >= 0.3 is 5.97 Å². The number of hydrogen-bond donors (Lipinski definition) is 0. The van der Waals surface area contributed by atoms with Crippen molar-refractivity contribution in [3.05, 3.63) is 83.9 Å². The summed E-state index contributed by atoms with van der Waals surface area (Å²) < 4.78 is 4.96. The molecule has 3 heteroatoms. The molecule has 2 aromatic carbocycles. The van der Waals surface area contributed by atoms with E-state index in [0.29, 0.717) is 6.61 Å². The highest BCUT2D eigenvalue weighted by Gasteiger charge is 2.13. The molecule has 0 aliphatic heterocycles. The summed E-state index contributed by atoms with van der Waals surface area (Å²) >= 11 is 0. The number of nitrogens with zero attached hydrogens (tertiary/aromatic N) is 1. The molecule has 0 heterocycles. The topological polar surface area (TPSA) is 29.5 Å². The minimum absolute atomic E-state index is 0.120. The van der Waals surface area contributed by atoms with E-state index in [1.807, 2.05) is 25.1 Å². The van der Waals surface area contributed by atoms with E-state index in [0.717, 1.165) is 13.1 Å². The van der Waals surface area contributed by atoms with E-state index in [2.05, 4.69) is 60.4 Å². The molecule has 0 spiro atoms. The van der Waals surface area contributed by atoms with Crippen molar-refractivity contribution in [1.29, 1.82) is 0 Å². The molecule has 0 saturated heterocycles. The van der Waals surface area contributed by atoms with E-state index in [1.54, 1.807) is 0 Å². The number of ether oxygens (including phenoxy) is 1. The average molecular weight is 323 g/mol. The SMILES string of the molecule is CCOC(=O)C=CC(C)N(Cc1ccccc1)Cc1ccccc1. The highest BCUT2D eigenvalue weighted by atomic mass is 16.5. The first kappa shape index (κ1) is 18.0. The average Bonchev–Trinajstić information content (AvgIpc) is 2.61. The molecule has 2 aromatic rings. The van der Waals surface area contributed by atoms with Crippen LogP contribution in [-0.2, 0) is 22.6 Å². The summed E-state index contributed by atoms with van der Waals surface area (Å²) in [6.07, 6.45) is 3.43. The van der Waals surface area contributed by atoms with Gasteiger partial charge in [-0.2, -0.15) is 0 Å². The zero-order valence-electron chi connectivity index (χ0n) is 14.4. The fourth-order valence-electron chi connectivity index (χ4n) is 2.51. The molecular weight excluding hydrogens is 298 g/mol. The van der Waals surface area contributed by atoms with Gasteiger partial charge in [0.25, 0.3) is 0 Å². The number of rotatable bonds is 8. The Kier molecular flexibility index (Phi) is 7.24. The van der Waals surface area contributed by atoms with Gasteiger partial charge in [-0.3, -0.25) is 4.90 Å². The monoisotopic (exact) mass is 323 g/mol. The maximum absolute atomic E-state index is 11.6. The molecule has 126 valence electrons. The van der Waals surface area contributed by atoms with Crippen molar-refractivity contribution >= 4 is 5.97 Å². The van der Waals surface area contributed by atoms with Crippen LogP contribution >= 0.6 is 0 Å². The Bertz CT molecular complexity index is 596. The van der Waals surface area contributed by atoms with Gasteiger partial charge in [0, 0.05) is 25.2 Å². The van der Waals surface area contributed by atoms with E-state index < -0.39 is 0 Å². The smallest absolute Gasteiger partial charge is 0.330 e. The van der Waals surface area contributed by atoms with Crippen LogP contribution < -0.4 is 0 Å². The molecule has 0 aromatic heterocycles. The van der Waals surface area contributed by atoms with Crippen LogP contribution in [0.2, 0.25) is 0 Å². The number of hydrogen-bond acceptors (Lipinski definition) is 3. The largest absolute Gasteiger partial charge is 0.463 e. The standard InChI is InChI=1S/C21H25NO2/c1-3-24-21(23)15-14-18(2)22(16-19-10-6-4-7-11-19)17-20-12-8-5-9-13-20/h4-15,18H,3,16-17H2,1-2H3. The van der Waals surface area contributed by atoms with Crippen LogP contribution in [-0.4, -0.2) is 23.5 Å². The van der Waals surface area contributed by atoms with Gasteiger partial charge in [-0.1, -0.05) is 66.7 Å². The van der Waals surface area contributed by atoms with Crippen molar-refractivity contribution < 1.29 is 9.53 Å². The Hall–Kier alpha value is -2.39. The fourth-order valence-corrected chi connectivity index (χ4v) is 2.51. The predicted octanol–water partition coefficient (Wildman–Crippen LogP) is 4.20. The summed E-state index contributed by atoms with van der Waals surface area (Å²) in [7, 11) is 0. The third kappa shape index (κ3) is 6.01. The summed E-state index contributed by atoms with van der Waals surface area (Å²) in [6.45, 7) is 5.96. The van der Waals surface area contributed by atoms with Crippen molar-refractivity contribution in [2.45, 2.75) is 33.0 Å². The Morgan fingerprint density at radius 2 is 1.50 bits per heavy atom. The second kappa shape index (κ2) is 9.68. The van der Waals surface area contributed by atoms with Crippen LogP contribution in [0.5, 0.6) is 0 Å². The van der Waals surface area contributed by atoms with Crippen LogP contribution in [0.4, 0.5) is 0 Å². The van der Waals surface area contributed by atoms with Crippen molar-refractivity contribution in [2.75, 3.05) is 6.61 Å². The fraction of sp³-hybridized carbons (Fsp3) is 0.286. The molecule has 1 unspecified atom stereocenters. The molecular formula is C21H25NO2. The van der Waals surface area contributed by atoms with Crippen LogP contribution in [0.1, 0.15) is 25.0 Å². The molecule has 2 rings (SSSR count). The lowest BCUT2D eigenvalue weighted by molar-refractivity contribution is -0.137. The van der Waals surface area contributed by atoms with Crippen molar-refractivity contribution in [3.8, 4) is 0 Å². The number of carbonyl (C=O) groups excluding carboxylic acids is 1. The summed E-state index contributed by atoms with van der Waals surface area (Å²) in [4.78, 5) is 13.9. The Morgan fingerprint density at radius 3 is 1.96 bits per heavy atom. The minimum atomic E-state index is -0.288. The van der Waals surface area contributed by atoms with E-state index >= 15 is 0 Å². The first-order chi connectivity index (χ1) is 11.7. The van der Waals surface area contributed by atoms with Crippen molar-refractivity contribution in [1.82, 2.24) is 4.90 Å². The number of benzene rings is 2. The highest BCUT2D eigenvalue weighted by molar-refractivity contribution is 5.81. The normalized spacial score (nSPS) is 12.5. The van der Waals surface area contributed by atoms with Gasteiger partial charge in [0.15, 0.2) is 0 Å². The lowest BCUT2D eigenvalue weighted by atomic mass is 10.1. The quantitative estimate of drug-likeness (QED) is 0.539. The maximum Gasteiger partial charge on any atom is 0.330 e. The van der Waals surface area contributed by atoms with E-state index in [9.17, 15) is 4.79 Å². The minimum Gasteiger partial charge on any atom is -0.463 e. The summed E-state index contributed by atoms with van der Waals surface area (Å²) in [6, 6.07) is 20.9. The highest BCUT2D eigenvalue weighted by Crippen LogP contribution is 2.14. The van der Waals surface area contributed by atoms with Gasteiger partial charge in [0.2, 0.25) is 0 Å². The van der Waals surface area contributed by atoms with Crippen LogP contribution in [0, 0.1) is 0 Å². The molecule has 0 radical (unpaired) electrons. The lowest BCUT2D eigenvalue weighted by Gasteiger charge is -2.27. The van der Waals surface area contributed by atoms with Gasteiger partial charge in [0.1, 0.15) is 0 Å².